The third-order valence-corrected chi connectivity index (χ3v) is 4.35. The molecule has 0 aliphatic rings. The van der Waals surface area contributed by atoms with Crippen LogP contribution >= 0.6 is 0 Å². The number of aromatic nitrogens is 2. The van der Waals surface area contributed by atoms with Crippen LogP contribution in [0.5, 0.6) is 0 Å². The van der Waals surface area contributed by atoms with Gasteiger partial charge in [0.25, 0.3) is 5.91 Å². The second-order valence-electron chi connectivity index (χ2n) is 6.58. The van der Waals surface area contributed by atoms with Crippen LogP contribution < -0.4 is 10.3 Å². The fraction of sp³-hybridized carbons (Fsp3) is 0.0909. The van der Waals surface area contributed by atoms with Crippen LogP contribution in [0.25, 0.3) is 22.2 Å². The monoisotopic (exact) mass is 385 g/mol. The van der Waals surface area contributed by atoms with E-state index in [0.29, 0.717) is 22.9 Å². The van der Waals surface area contributed by atoms with Crippen molar-refractivity contribution in [2.75, 3.05) is 19.0 Å². The number of nitrogens with zero attached hydrogens (tertiary/aromatic N) is 4. The van der Waals surface area contributed by atoms with E-state index in [1.807, 2.05) is 61.5 Å². The molecule has 3 aromatic heterocycles. The van der Waals surface area contributed by atoms with Gasteiger partial charge in [0, 0.05) is 43.5 Å². The van der Waals surface area contributed by atoms with Crippen molar-refractivity contribution in [3.63, 3.8) is 0 Å². The summed E-state index contributed by atoms with van der Waals surface area (Å²) in [5, 5.41) is 4.79. The van der Waals surface area contributed by atoms with E-state index in [1.165, 1.54) is 6.21 Å². The van der Waals surface area contributed by atoms with Gasteiger partial charge in [-0.25, -0.2) is 10.4 Å². The van der Waals surface area contributed by atoms with Crippen molar-refractivity contribution in [1.29, 1.82) is 0 Å². The molecule has 0 atom stereocenters. The Balaban J connectivity index is 1.63. The topological polar surface area (TPSA) is 83.6 Å². The number of hydrazone groups is 1. The maximum atomic E-state index is 12.8. The van der Waals surface area contributed by atoms with Crippen LogP contribution in [0.2, 0.25) is 0 Å². The molecule has 7 heteroatoms. The standard InChI is InChI=1S/C22H19N5O2/c1-27(2)21-8-7-16(29-21)14-24-26-22(28)18-13-20(15-9-11-23-12-10-15)25-19-6-4-3-5-17(18)19/h3-14H,1-2H3,(H,26,28)/b24-14-. The van der Waals surface area contributed by atoms with Crippen LogP contribution in [0.1, 0.15) is 16.1 Å². The summed E-state index contributed by atoms with van der Waals surface area (Å²) in [6, 6.07) is 16.6. The Morgan fingerprint density at radius 1 is 1.10 bits per heavy atom. The third kappa shape index (κ3) is 3.98. The van der Waals surface area contributed by atoms with E-state index in [9.17, 15) is 4.79 Å². The van der Waals surface area contributed by atoms with Crippen LogP contribution in [0.3, 0.4) is 0 Å². The SMILES string of the molecule is CN(C)c1ccc(/C=N\NC(=O)c2cc(-c3ccncc3)nc3ccccc23)o1. The molecule has 0 unspecified atom stereocenters. The summed E-state index contributed by atoms with van der Waals surface area (Å²) in [6.07, 6.45) is 4.86. The summed E-state index contributed by atoms with van der Waals surface area (Å²) in [5.74, 6) is 0.931. The number of nitrogens with one attached hydrogen (secondary N) is 1. The molecule has 0 spiro atoms. The highest BCUT2D eigenvalue weighted by Crippen LogP contribution is 2.24. The molecular formula is C22H19N5O2. The van der Waals surface area contributed by atoms with Crippen LogP contribution in [0.4, 0.5) is 5.88 Å². The molecule has 0 aliphatic carbocycles. The number of furan rings is 1. The quantitative estimate of drug-likeness (QED) is 0.418. The summed E-state index contributed by atoms with van der Waals surface area (Å²) in [5.41, 5.74) is 5.38. The summed E-state index contributed by atoms with van der Waals surface area (Å²) < 4.78 is 5.59. The highest BCUT2D eigenvalue weighted by Gasteiger charge is 2.13. The molecule has 1 N–H and O–H groups in total. The second-order valence-corrected chi connectivity index (χ2v) is 6.58. The first-order chi connectivity index (χ1) is 14.1. The molecular weight excluding hydrogens is 366 g/mol. The molecule has 4 aromatic rings. The van der Waals surface area contributed by atoms with Crippen molar-refractivity contribution in [2.24, 2.45) is 5.10 Å². The molecule has 0 aliphatic heterocycles. The Morgan fingerprint density at radius 2 is 1.90 bits per heavy atom. The van der Waals surface area contributed by atoms with Crippen LogP contribution in [-0.2, 0) is 0 Å². The molecule has 4 rings (SSSR count). The molecule has 0 fully saturated rings. The van der Waals surface area contributed by atoms with Crippen LogP contribution in [0.15, 0.2) is 76.5 Å². The van der Waals surface area contributed by atoms with E-state index in [2.05, 4.69) is 20.5 Å². The average molecular weight is 385 g/mol. The van der Waals surface area contributed by atoms with Gasteiger partial charge in [0.05, 0.1) is 23.0 Å². The zero-order chi connectivity index (χ0) is 20.2. The molecule has 0 bridgehead atoms. The lowest BCUT2D eigenvalue weighted by atomic mass is 10.0. The minimum Gasteiger partial charge on any atom is -0.440 e. The lowest BCUT2D eigenvalue weighted by Gasteiger charge is -2.08. The Hall–Kier alpha value is -4.00. The van der Waals surface area contributed by atoms with Gasteiger partial charge in [-0.05, 0) is 30.3 Å². The van der Waals surface area contributed by atoms with Crippen molar-refractivity contribution in [3.05, 3.63) is 78.3 Å². The number of rotatable bonds is 5. The summed E-state index contributed by atoms with van der Waals surface area (Å²) in [4.78, 5) is 23.4. The lowest BCUT2D eigenvalue weighted by molar-refractivity contribution is 0.0956. The molecule has 0 saturated heterocycles. The van der Waals surface area contributed by atoms with E-state index < -0.39 is 0 Å². The van der Waals surface area contributed by atoms with Gasteiger partial charge in [0.2, 0.25) is 0 Å². The first-order valence-electron chi connectivity index (χ1n) is 9.02. The van der Waals surface area contributed by atoms with Crippen LogP contribution in [0, 0.1) is 0 Å². The largest absolute Gasteiger partial charge is 0.440 e. The molecule has 1 aromatic carbocycles. The van der Waals surface area contributed by atoms with Gasteiger partial charge in [0.1, 0.15) is 5.76 Å². The summed E-state index contributed by atoms with van der Waals surface area (Å²) in [7, 11) is 3.77. The molecule has 7 nitrogen and oxygen atoms in total. The minimum absolute atomic E-state index is 0.324. The number of amides is 1. The smallest absolute Gasteiger partial charge is 0.272 e. The number of carbonyl (C=O) groups excluding carboxylic acids is 1. The van der Waals surface area contributed by atoms with Gasteiger partial charge in [-0.3, -0.25) is 9.78 Å². The van der Waals surface area contributed by atoms with E-state index >= 15 is 0 Å². The predicted molar refractivity (Wildman–Crippen MR) is 113 cm³/mol. The first-order valence-corrected chi connectivity index (χ1v) is 9.02. The van der Waals surface area contributed by atoms with Gasteiger partial charge in [-0.2, -0.15) is 5.10 Å². The molecule has 0 saturated carbocycles. The zero-order valence-corrected chi connectivity index (χ0v) is 16.0. The Morgan fingerprint density at radius 3 is 2.66 bits per heavy atom. The van der Waals surface area contributed by atoms with E-state index in [0.717, 1.165) is 16.5 Å². The van der Waals surface area contributed by atoms with E-state index in [1.54, 1.807) is 24.5 Å². The zero-order valence-electron chi connectivity index (χ0n) is 16.0. The Kier molecular flexibility index (Phi) is 5.03. The highest BCUT2D eigenvalue weighted by molar-refractivity contribution is 6.07. The number of hydrogen-bond acceptors (Lipinski definition) is 6. The maximum absolute atomic E-state index is 12.8. The molecule has 0 radical (unpaired) electrons. The van der Waals surface area contributed by atoms with Gasteiger partial charge < -0.3 is 9.32 Å². The van der Waals surface area contributed by atoms with Crippen LogP contribution in [-0.4, -0.2) is 36.2 Å². The molecule has 1 amide bonds. The van der Waals surface area contributed by atoms with Crippen molar-refractivity contribution < 1.29 is 9.21 Å². The number of benzene rings is 1. The van der Waals surface area contributed by atoms with E-state index in [4.69, 9.17) is 4.42 Å². The fourth-order valence-electron chi connectivity index (χ4n) is 2.90. The number of anilines is 1. The predicted octanol–water partition coefficient (Wildman–Crippen LogP) is 3.72. The third-order valence-electron chi connectivity index (χ3n) is 4.35. The number of carbonyl (C=O) groups is 1. The Bertz CT molecular complexity index is 1180. The summed E-state index contributed by atoms with van der Waals surface area (Å²) in [6.45, 7) is 0. The number of para-hydroxylation sites is 1. The molecule has 29 heavy (non-hydrogen) atoms. The fourth-order valence-corrected chi connectivity index (χ4v) is 2.90. The van der Waals surface area contributed by atoms with Crippen molar-refractivity contribution in [2.45, 2.75) is 0 Å². The highest BCUT2D eigenvalue weighted by atomic mass is 16.4. The number of hydrogen-bond donors (Lipinski definition) is 1. The maximum Gasteiger partial charge on any atom is 0.272 e. The molecule has 144 valence electrons. The lowest BCUT2D eigenvalue weighted by Crippen LogP contribution is -2.18. The van der Waals surface area contributed by atoms with Gasteiger partial charge >= 0.3 is 0 Å². The van der Waals surface area contributed by atoms with Crippen molar-refractivity contribution in [1.82, 2.24) is 15.4 Å². The first kappa shape index (κ1) is 18.4. The minimum atomic E-state index is -0.324. The second kappa shape index (κ2) is 7.93. The number of pyridine rings is 2. The average Bonchev–Trinajstić information content (AvgIpc) is 3.23. The Labute approximate surface area is 167 Å². The number of fused-ring (bicyclic) bond motifs is 1. The van der Waals surface area contributed by atoms with Gasteiger partial charge in [-0.15, -0.1) is 0 Å². The van der Waals surface area contributed by atoms with E-state index in [-0.39, 0.29) is 5.91 Å². The molecule has 3 heterocycles. The summed E-state index contributed by atoms with van der Waals surface area (Å²) >= 11 is 0. The normalized spacial score (nSPS) is 11.1. The van der Waals surface area contributed by atoms with Crippen molar-refractivity contribution in [3.8, 4) is 11.3 Å². The van der Waals surface area contributed by atoms with Gasteiger partial charge in [0.15, 0.2) is 5.88 Å². The van der Waals surface area contributed by atoms with Gasteiger partial charge in [-0.1, -0.05) is 18.2 Å². The van der Waals surface area contributed by atoms with Crippen molar-refractivity contribution >= 4 is 28.9 Å².